The Labute approximate surface area is 162 Å². The number of hydrogen-bond donors (Lipinski definition) is 0. The van der Waals surface area contributed by atoms with Crippen LogP contribution in [-0.4, -0.2) is 45.3 Å². The first-order valence-electron chi connectivity index (χ1n) is 8.74. The van der Waals surface area contributed by atoms with Gasteiger partial charge in [0.05, 0.1) is 4.90 Å². The van der Waals surface area contributed by atoms with E-state index < -0.39 is 22.1 Å². The van der Waals surface area contributed by atoms with Gasteiger partial charge in [-0.2, -0.15) is 4.31 Å². The van der Waals surface area contributed by atoms with Crippen LogP contribution in [0.4, 0.5) is 18.9 Å². The van der Waals surface area contributed by atoms with Gasteiger partial charge in [0.25, 0.3) is 0 Å². The van der Waals surface area contributed by atoms with Crippen LogP contribution in [0.5, 0.6) is 5.75 Å². The Balaban J connectivity index is 1.70. The SMILES string of the molecule is Cc1ccc(C)c(N2CCN(S(=O)(=O)c3ccc(OC(F)(F)F)cc3)CC2)c1. The number of nitrogens with zero attached hydrogens (tertiary/aromatic N) is 2. The molecular formula is C19H21F3N2O3S. The minimum Gasteiger partial charge on any atom is -0.406 e. The third-order valence-corrected chi connectivity index (χ3v) is 6.55. The van der Waals surface area contributed by atoms with E-state index in [1.165, 1.54) is 4.31 Å². The van der Waals surface area contributed by atoms with Crippen LogP contribution in [-0.2, 0) is 10.0 Å². The number of benzene rings is 2. The molecule has 3 rings (SSSR count). The molecule has 0 spiro atoms. The maximum Gasteiger partial charge on any atom is 0.573 e. The standard InChI is InChI=1S/C19H21F3N2O3S/c1-14-3-4-15(2)18(13-14)23-9-11-24(12-10-23)28(25,26)17-7-5-16(6-8-17)27-19(20,21)22/h3-8,13H,9-12H2,1-2H3. The molecule has 9 heteroatoms. The van der Waals surface area contributed by atoms with E-state index in [0.29, 0.717) is 26.2 Å². The lowest BCUT2D eigenvalue weighted by atomic mass is 10.1. The summed E-state index contributed by atoms with van der Waals surface area (Å²) in [7, 11) is -3.78. The minimum absolute atomic E-state index is 0.0535. The van der Waals surface area contributed by atoms with Crippen molar-refractivity contribution in [2.45, 2.75) is 25.1 Å². The van der Waals surface area contributed by atoms with Crippen molar-refractivity contribution < 1.29 is 26.3 Å². The van der Waals surface area contributed by atoms with Gasteiger partial charge in [-0.1, -0.05) is 12.1 Å². The fourth-order valence-electron chi connectivity index (χ4n) is 3.19. The highest BCUT2D eigenvalue weighted by Gasteiger charge is 2.32. The van der Waals surface area contributed by atoms with E-state index in [2.05, 4.69) is 15.7 Å². The van der Waals surface area contributed by atoms with Gasteiger partial charge in [0.15, 0.2) is 0 Å². The summed E-state index contributed by atoms with van der Waals surface area (Å²) in [5.74, 6) is -0.453. The lowest BCUT2D eigenvalue weighted by Gasteiger charge is -2.36. The zero-order chi connectivity index (χ0) is 20.5. The highest BCUT2D eigenvalue weighted by atomic mass is 32.2. The van der Waals surface area contributed by atoms with Crippen molar-refractivity contribution >= 4 is 15.7 Å². The van der Waals surface area contributed by atoms with Gasteiger partial charge >= 0.3 is 6.36 Å². The van der Waals surface area contributed by atoms with Crippen LogP contribution in [0, 0.1) is 13.8 Å². The van der Waals surface area contributed by atoms with Crippen molar-refractivity contribution in [3.63, 3.8) is 0 Å². The van der Waals surface area contributed by atoms with Crippen molar-refractivity contribution in [1.82, 2.24) is 4.31 Å². The highest BCUT2D eigenvalue weighted by molar-refractivity contribution is 7.89. The molecular weight excluding hydrogens is 393 g/mol. The number of hydrogen-bond acceptors (Lipinski definition) is 4. The van der Waals surface area contributed by atoms with E-state index in [9.17, 15) is 21.6 Å². The fourth-order valence-corrected chi connectivity index (χ4v) is 4.61. The number of alkyl halides is 3. The summed E-state index contributed by atoms with van der Waals surface area (Å²) in [4.78, 5) is 2.09. The molecule has 1 heterocycles. The van der Waals surface area contributed by atoms with Gasteiger partial charge in [-0.3, -0.25) is 0 Å². The Hall–Kier alpha value is -2.26. The molecule has 1 fully saturated rings. The summed E-state index contributed by atoms with van der Waals surface area (Å²) < 4.78 is 67.5. The monoisotopic (exact) mass is 414 g/mol. The molecule has 0 N–H and O–H groups in total. The number of aryl methyl sites for hydroxylation is 2. The topological polar surface area (TPSA) is 49.9 Å². The zero-order valence-electron chi connectivity index (χ0n) is 15.5. The number of anilines is 1. The van der Waals surface area contributed by atoms with Gasteiger partial charge in [-0.15, -0.1) is 13.2 Å². The Morgan fingerprint density at radius 3 is 2.11 bits per heavy atom. The van der Waals surface area contributed by atoms with E-state index in [0.717, 1.165) is 41.1 Å². The summed E-state index contributed by atoms with van der Waals surface area (Å²) in [5, 5.41) is 0. The summed E-state index contributed by atoms with van der Waals surface area (Å²) >= 11 is 0. The first kappa shape index (κ1) is 20.5. The first-order valence-corrected chi connectivity index (χ1v) is 10.2. The van der Waals surface area contributed by atoms with E-state index in [1.807, 2.05) is 26.0 Å². The van der Waals surface area contributed by atoms with Gasteiger partial charge in [-0.25, -0.2) is 8.42 Å². The molecule has 0 saturated carbocycles. The molecule has 5 nitrogen and oxygen atoms in total. The number of piperazine rings is 1. The molecule has 2 aromatic carbocycles. The molecule has 0 unspecified atom stereocenters. The second-order valence-corrected chi connectivity index (χ2v) is 8.64. The maximum atomic E-state index is 12.8. The van der Waals surface area contributed by atoms with Crippen molar-refractivity contribution in [2.24, 2.45) is 0 Å². The number of halogens is 3. The molecule has 2 aromatic rings. The molecule has 1 aliphatic heterocycles. The second kappa shape index (κ2) is 7.63. The predicted octanol–water partition coefficient (Wildman–Crippen LogP) is 3.71. The Kier molecular flexibility index (Phi) is 5.58. The molecule has 1 aliphatic rings. The highest BCUT2D eigenvalue weighted by Crippen LogP contribution is 2.27. The number of ether oxygens (including phenoxy) is 1. The largest absolute Gasteiger partial charge is 0.573 e. The Morgan fingerprint density at radius 2 is 1.54 bits per heavy atom. The van der Waals surface area contributed by atoms with Crippen LogP contribution in [0.2, 0.25) is 0 Å². The quantitative estimate of drug-likeness (QED) is 0.765. The molecule has 28 heavy (non-hydrogen) atoms. The zero-order valence-corrected chi connectivity index (χ0v) is 16.3. The summed E-state index contributed by atoms with van der Waals surface area (Å²) in [5.41, 5.74) is 3.35. The first-order chi connectivity index (χ1) is 13.1. The van der Waals surface area contributed by atoms with Crippen LogP contribution in [0.15, 0.2) is 47.4 Å². The van der Waals surface area contributed by atoms with E-state index in [4.69, 9.17) is 0 Å². The maximum absolute atomic E-state index is 12.8. The van der Waals surface area contributed by atoms with E-state index >= 15 is 0 Å². The lowest BCUT2D eigenvalue weighted by molar-refractivity contribution is -0.274. The second-order valence-electron chi connectivity index (χ2n) is 6.70. The third kappa shape index (κ3) is 4.59. The number of sulfonamides is 1. The van der Waals surface area contributed by atoms with Gasteiger partial charge in [0.1, 0.15) is 5.75 Å². The van der Waals surface area contributed by atoms with Crippen molar-refractivity contribution in [3.8, 4) is 5.75 Å². The fraction of sp³-hybridized carbons (Fsp3) is 0.368. The summed E-state index contributed by atoms with van der Waals surface area (Å²) in [6.45, 7) is 5.71. The molecule has 0 bridgehead atoms. The van der Waals surface area contributed by atoms with Crippen LogP contribution < -0.4 is 9.64 Å². The lowest BCUT2D eigenvalue weighted by Crippen LogP contribution is -2.48. The smallest absolute Gasteiger partial charge is 0.406 e. The predicted molar refractivity (Wildman–Crippen MR) is 100 cm³/mol. The van der Waals surface area contributed by atoms with Gasteiger partial charge in [0, 0.05) is 31.9 Å². The van der Waals surface area contributed by atoms with E-state index in [1.54, 1.807) is 0 Å². The molecule has 152 valence electrons. The average Bonchev–Trinajstić information content (AvgIpc) is 2.63. The Morgan fingerprint density at radius 1 is 0.929 bits per heavy atom. The van der Waals surface area contributed by atoms with Crippen molar-refractivity contribution in [3.05, 3.63) is 53.6 Å². The van der Waals surface area contributed by atoms with Crippen molar-refractivity contribution in [2.75, 3.05) is 31.1 Å². The van der Waals surface area contributed by atoms with Crippen LogP contribution in [0.1, 0.15) is 11.1 Å². The Bertz CT molecular complexity index is 936. The normalized spacial score (nSPS) is 16.2. The molecule has 1 saturated heterocycles. The van der Waals surface area contributed by atoms with Crippen LogP contribution in [0.3, 0.4) is 0 Å². The third-order valence-electron chi connectivity index (χ3n) is 4.64. The molecule has 0 radical (unpaired) electrons. The minimum atomic E-state index is -4.81. The van der Waals surface area contributed by atoms with Crippen LogP contribution >= 0.6 is 0 Å². The molecule has 0 amide bonds. The van der Waals surface area contributed by atoms with Crippen LogP contribution in [0.25, 0.3) is 0 Å². The molecule has 0 aromatic heterocycles. The average molecular weight is 414 g/mol. The van der Waals surface area contributed by atoms with E-state index in [-0.39, 0.29) is 4.90 Å². The number of rotatable bonds is 4. The summed E-state index contributed by atoms with van der Waals surface area (Å²) in [6, 6.07) is 10.4. The van der Waals surface area contributed by atoms with Gasteiger partial charge in [0.2, 0.25) is 10.0 Å². The molecule has 0 atom stereocenters. The summed E-state index contributed by atoms with van der Waals surface area (Å²) in [6.07, 6.45) is -4.81. The van der Waals surface area contributed by atoms with Crippen molar-refractivity contribution in [1.29, 1.82) is 0 Å². The molecule has 0 aliphatic carbocycles. The van der Waals surface area contributed by atoms with Gasteiger partial charge in [-0.05, 0) is 55.3 Å². The van der Waals surface area contributed by atoms with Gasteiger partial charge < -0.3 is 9.64 Å².